The van der Waals surface area contributed by atoms with Crippen LogP contribution < -0.4 is 10.2 Å². The molecular formula is C24H19N3O3. The Morgan fingerprint density at radius 3 is 2.20 bits per heavy atom. The van der Waals surface area contributed by atoms with E-state index in [-0.39, 0.29) is 5.70 Å². The molecule has 1 N–H and O–H groups in total. The van der Waals surface area contributed by atoms with Crippen LogP contribution in [0, 0.1) is 0 Å². The van der Waals surface area contributed by atoms with E-state index in [2.05, 4.69) is 10.4 Å². The molecule has 2 amide bonds. The Labute approximate surface area is 174 Å². The number of ether oxygens (including phenoxy) is 1. The van der Waals surface area contributed by atoms with Crippen LogP contribution in [0.15, 0.2) is 95.6 Å². The Kier molecular flexibility index (Phi) is 5.39. The number of nitrogens with one attached hydrogen (secondary N) is 1. The molecule has 0 fully saturated rings. The Hall–Kier alpha value is -4.19. The number of aliphatic imine (C=N–C) groups is 1. The molecule has 148 valence electrons. The molecule has 1 aliphatic rings. The van der Waals surface area contributed by atoms with Gasteiger partial charge in [0.05, 0.1) is 7.11 Å². The Bertz CT molecular complexity index is 1120. The average Bonchev–Trinajstić information content (AvgIpc) is 2.81. The molecule has 30 heavy (non-hydrogen) atoms. The molecule has 0 aliphatic carbocycles. The lowest BCUT2D eigenvalue weighted by atomic mass is 10.1. The van der Waals surface area contributed by atoms with E-state index in [1.54, 1.807) is 37.5 Å². The van der Waals surface area contributed by atoms with Crippen LogP contribution in [-0.2, 0) is 4.79 Å². The van der Waals surface area contributed by atoms with Crippen molar-refractivity contribution in [3.8, 4) is 5.75 Å². The first kappa shape index (κ1) is 19.1. The van der Waals surface area contributed by atoms with E-state index < -0.39 is 11.8 Å². The molecule has 0 saturated carbocycles. The topological polar surface area (TPSA) is 71.0 Å². The van der Waals surface area contributed by atoms with E-state index in [4.69, 9.17) is 4.74 Å². The van der Waals surface area contributed by atoms with E-state index in [9.17, 15) is 9.59 Å². The van der Waals surface area contributed by atoms with Crippen molar-refractivity contribution in [3.63, 3.8) is 0 Å². The molecule has 1 heterocycles. The first-order valence-corrected chi connectivity index (χ1v) is 9.36. The first-order valence-electron chi connectivity index (χ1n) is 9.36. The Morgan fingerprint density at radius 2 is 1.57 bits per heavy atom. The maximum Gasteiger partial charge on any atom is 0.288 e. The van der Waals surface area contributed by atoms with Gasteiger partial charge in [0.15, 0.2) is 5.84 Å². The second-order valence-corrected chi connectivity index (χ2v) is 6.55. The molecular weight excluding hydrogens is 378 g/mol. The van der Waals surface area contributed by atoms with Crippen LogP contribution in [0.25, 0.3) is 6.08 Å². The second kappa shape index (κ2) is 8.45. The predicted octanol–water partition coefficient (Wildman–Crippen LogP) is 3.67. The van der Waals surface area contributed by atoms with E-state index in [0.29, 0.717) is 22.7 Å². The van der Waals surface area contributed by atoms with Crippen LogP contribution in [-0.4, -0.2) is 29.8 Å². The largest absolute Gasteiger partial charge is 0.497 e. The van der Waals surface area contributed by atoms with E-state index in [1.807, 2.05) is 60.7 Å². The molecule has 1 aliphatic heterocycles. The molecule has 0 aromatic heterocycles. The fourth-order valence-electron chi connectivity index (χ4n) is 3.02. The van der Waals surface area contributed by atoms with Crippen LogP contribution >= 0.6 is 0 Å². The Morgan fingerprint density at radius 1 is 0.933 bits per heavy atom. The fraction of sp³-hybridized carbons (Fsp3) is 0.0417. The predicted molar refractivity (Wildman–Crippen MR) is 115 cm³/mol. The van der Waals surface area contributed by atoms with Gasteiger partial charge in [0, 0.05) is 11.1 Å². The molecule has 6 heteroatoms. The number of rotatable bonds is 4. The minimum Gasteiger partial charge on any atom is -0.497 e. The monoisotopic (exact) mass is 397 g/mol. The normalized spacial score (nSPS) is 14.8. The summed E-state index contributed by atoms with van der Waals surface area (Å²) in [4.78, 5) is 30.4. The zero-order valence-corrected chi connectivity index (χ0v) is 16.3. The van der Waals surface area contributed by atoms with Gasteiger partial charge in [0.1, 0.15) is 11.4 Å². The molecule has 3 aromatic carbocycles. The smallest absolute Gasteiger partial charge is 0.288 e. The summed E-state index contributed by atoms with van der Waals surface area (Å²) in [6.07, 6.45) is 1.69. The standard InChI is InChI=1S/C24H19N3O3/c1-30-20-14-12-19(13-15-20)24(29)27-22(18-10-6-3-7-11-18)25-21(23(28)26-27)16-17-8-4-2-5-9-17/h2-16H,1H3,(H,26,28)/b21-16+. The van der Waals surface area contributed by atoms with Crippen LogP contribution in [0.1, 0.15) is 21.5 Å². The molecule has 0 atom stereocenters. The number of methoxy groups -OCH3 is 1. The van der Waals surface area contributed by atoms with Crippen molar-refractivity contribution in [2.75, 3.05) is 7.11 Å². The van der Waals surface area contributed by atoms with E-state index >= 15 is 0 Å². The van der Waals surface area contributed by atoms with Crippen molar-refractivity contribution >= 4 is 23.7 Å². The molecule has 6 nitrogen and oxygen atoms in total. The maximum atomic E-state index is 13.2. The number of carbonyl (C=O) groups is 2. The third-order valence-electron chi connectivity index (χ3n) is 4.56. The highest BCUT2D eigenvalue weighted by Crippen LogP contribution is 2.19. The molecule has 0 bridgehead atoms. The fourth-order valence-corrected chi connectivity index (χ4v) is 3.02. The van der Waals surface area contributed by atoms with Crippen LogP contribution in [0.4, 0.5) is 0 Å². The molecule has 0 saturated heterocycles. The van der Waals surface area contributed by atoms with Gasteiger partial charge >= 0.3 is 0 Å². The summed E-state index contributed by atoms with van der Waals surface area (Å²) in [6.45, 7) is 0. The maximum absolute atomic E-state index is 13.2. The summed E-state index contributed by atoms with van der Waals surface area (Å²) in [5, 5.41) is 1.18. The lowest BCUT2D eigenvalue weighted by Gasteiger charge is -2.28. The summed E-state index contributed by atoms with van der Waals surface area (Å²) in [5.74, 6) is 0.130. The minimum atomic E-state index is -0.458. The number of benzene rings is 3. The summed E-state index contributed by atoms with van der Waals surface area (Å²) >= 11 is 0. The number of carbonyl (C=O) groups excluding carboxylic acids is 2. The van der Waals surface area contributed by atoms with Crippen LogP contribution in [0.2, 0.25) is 0 Å². The zero-order chi connectivity index (χ0) is 20.9. The molecule has 0 spiro atoms. The van der Waals surface area contributed by atoms with Gasteiger partial charge in [-0.3, -0.25) is 15.0 Å². The highest BCUT2D eigenvalue weighted by atomic mass is 16.5. The van der Waals surface area contributed by atoms with Crippen molar-refractivity contribution in [1.29, 1.82) is 0 Å². The highest BCUT2D eigenvalue weighted by Gasteiger charge is 2.30. The van der Waals surface area contributed by atoms with E-state index in [1.165, 1.54) is 5.01 Å². The third-order valence-corrected chi connectivity index (χ3v) is 4.56. The highest BCUT2D eigenvalue weighted by molar-refractivity contribution is 6.18. The van der Waals surface area contributed by atoms with Crippen LogP contribution in [0.5, 0.6) is 5.75 Å². The molecule has 4 rings (SSSR count). The molecule has 0 unspecified atom stereocenters. The van der Waals surface area contributed by atoms with Crippen molar-refractivity contribution in [2.45, 2.75) is 0 Å². The summed E-state index contributed by atoms with van der Waals surface area (Å²) in [6, 6.07) is 25.4. The Balaban J connectivity index is 1.76. The average molecular weight is 397 g/mol. The lowest BCUT2D eigenvalue weighted by molar-refractivity contribution is -0.120. The van der Waals surface area contributed by atoms with Gasteiger partial charge in [-0.15, -0.1) is 0 Å². The SMILES string of the molecule is COc1ccc(C(=O)N2NC(=O)/C(=C\c3ccccc3)N=C2c2ccccc2)cc1. The minimum absolute atomic E-state index is 0.221. The van der Waals surface area contributed by atoms with Crippen molar-refractivity contribution in [1.82, 2.24) is 10.4 Å². The number of amides is 2. The first-order chi connectivity index (χ1) is 14.7. The van der Waals surface area contributed by atoms with Gasteiger partial charge < -0.3 is 4.74 Å². The van der Waals surface area contributed by atoms with Gasteiger partial charge in [-0.05, 0) is 35.9 Å². The van der Waals surface area contributed by atoms with Crippen molar-refractivity contribution in [2.24, 2.45) is 4.99 Å². The zero-order valence-electron chi connectivity index (χ0n) is 16.3. The number of hydrazine groups is 1. The molecule has 0 radical (unpaired) electrons. The quantitative estimate of drug-likeness (QED) is 0.683. The number of hydrogen-bond acceptors (Lipinski definition) is 4. The van der Waals surface area contributed by atoms with Gasteiger partial charge in [-0.1, -0.05) is 60.7 Å². The third kappa shape index (κ3) is 3.98. The van der Waals surface area contributed by atoms with Gasteiger partial charge in [-0.2, -0.15) is 5.01 Å². The number of amidine groups is 1. The lowest BCUT2D eigenvalue weighted by Crippen LogP contribution is -2.53. The second-order valence-electron chi connectivity index (χ2n) is 6.55. The van der Waals surface area contributed by atoms with Crippen molar-refractivity contribution in [3.05, 3.63) is 107 Å². The van der Waals surface area contributed by atoms with Gasteiger partial charge in [-0.25, -0.2) is 4.99 Å². The van der Waals surface area contributed by atoms with Gasteiger partial charge in [0.2, 0.25) is 0 Å². The van der Waals surface area contributed by atoms with E-state index in [0.717, 1.165) is 5.56 Å². The van der Waals surface area contributed by atoms with Crippen molar-refractivity contribution < 1.29 is 14.3 Å². The summed E-state index contributed by atoms with van der Waals surface area (Å²) in [7, 11) is 1.56. The number of hydrogen-bond donors (Lipinski definition) is 1. The summed E-state index contributed by atoms with van der Waals surface area (Å²) < 4.78 is 5.15. The molecule has 3 aromatic rings. The van der Waals surface area contributed by atoms with Crippen LogP contribution in [0.3, 0.4) is 0 Å². The number of nitrogens with zero attached hydrogens (tertiary/aromatic N) is 2. The van der Waals surface area contributed by atoms with Gasteiger partial charge in [0.25, 0.3) is 11.8 Å². The summed E-state index contributed by atoms with van der Waals surface area (Å²) in [5.41, 5.74) is 4.84.